The van der Waals surface area contributed by atoms with E-state index in [2.05, 4.69) is 27.9 Å². The van der Waals surface area contributed by atoms with Gasteiger partial charge in [0.25, 0.3) is 5.91 Å². The van der Waals surface area contributed by atoms with Crippen LogP contribution in [0.4, 0.5) is 4.39 Å². The van der Waals surface area contributed by atoms with Crippen LogP contribution in [0.1, 0.15) is 43.2 Å². The fraction of sp³-hybridized carbons (Fsp3) is 0.333. The molecule has 1 atom stereocenters. The van der Waals surface area contributed by atoms with Gasteiger partial charge in [-0.15, -0.1) is 0 Å². The maximum atomic E-state index is 13.7. The molecule has 0 heterocycles. The SMILES string of the molecule is O=C(NC1CCCCC1)C(Cc1ccccc1)N(Cc1ccc(F)cc1)C(=O)COc1ccc(I)cc1. The van der Waals surface area contributed by atoms with Gasteiger partial charge >= 0.3 is 0 Å². The molecule has 3 aromatic rings. The Bertz CT molecular complexity index is 1150. The summed E-state index contributed by atoms with van der Waals surface area (Å²) >= 11 is 2.21. The van der Waals surface area contributed by atoms with Crippen molar-refractivity contribution in [3.63, 3.8) is 0 Å². The number of nitrogens with zero attached hydrogens (tertiary/aromatic N) is 1. The molecule has 1 aliphatic rings. The molecule has 7 heteroatoms. The Balaban J connectivity index is 1.59. The van der Waals surface area contributed by atoms with Gasteiger partial charge in [0.2, 0.25) is 5.91 Å². The highest BCUT2D eigenvalue weighted by Crippen LogP contribution is 2.20. The second kappa shape index (κ2) is 13.6. The number of halogens is 2. The number of benzene rings is 3. The minimum Gasteiger partial charge on any atom is -0.484 e. The maximum absolute atomic E-state index is 13.7. The highest BCUT2D eigenvalue weighted by Gasteiger charge is 2.32. The quantitative estimate of drug-likeness (QED) is 0.290. The molecule has 1 unspecified atom stereocenters. The molecule has 194 valence electrons. The van der Waals surface area contributed by atoms with Crippen LogP contribution >= 0.6 is 22.6 Å². The van der Waals surface area contributed by atoms with Gasteiger partial charge < -0.3 is 15.0 Å². The minimum atomic E-state index is -0.734. The van der Waals surface area contributed by atoms with Crippen LogP contribution in [0.15, 0.2) is 78.9 Å². The second-order valence-corrected chi connectivity index (χ2v) is 10.7. The Hall–Kier alpha value is -2.94. The van der Waals surface area contributed by atoms with Gasteiger partial charge in [-0.3, -0.25) is 9.59 Å². The first-order valence-corrected chi connectivity index (χ1v) is 13.8. The highest BCUT2D eigenvalue weighted by molar-refractivity contribution is 14.1. The van der Waals surface area contributed by atoms with Gasteiger partial charge in [-0.05, 0) is 83.0 Å². The van der Waals surface area contributed by atoms with Gasteiger partial charge in [-0.1, -0.05) is 61.7 Å². The van der Waals surface area contributed by atoms with Gasteiger partial charge in [0.05, 0.1) is 0 Å². The summed E-state index contributed by atoms with van der Waals surface area (Å²) in [7, 11) is 0. The van der Waals surface area contributed by atoms with Crippen molar-refractivity contribution in [1.82, 2.24) is 10.2 Å². The monoisotopic (exact) mass is 614 g/mol. The van der Waals surface area contributed by atoms with Crippen LogP contribution in [-0.4, -0.2) is 35.4 Å². The largest absolute Gasteiger partial charge is 0.484 e. The van der Waals surface area contributed by atoms with Gasteiger partial charge in [-0.25, -0.2) is 4.39 Å². The fourth-order valence-electron chi connectivity index (χ4n) is 4.64. The molecule has 1 N–H and O–H groups in total. The van der Waals surface area contributed by atoms with E-state index in [0.29, 0.717) is 12.2 Å². The van der Waals surface area contributed by atoms with E-state index in [1.807, 2.05) is 54.6 Å². The molecule has 0 saturated heterocycles. The number of ether oxygens (including phenoxy) is 1. The zero-order valence-electron chi connectivity index (χ0n) is 20.7. The van der Waals surface area contributed by atoms with Crippen molar-refractivity contribution in [2.45, 2.75) is 57.2 Å². The Labute approximate surface area is 231 Å². The first-order valence-electron chi connectivity index (χ1n) is 12.7. The van der Waals surface area contributed by atoms with Crippen LogP contribution < -0.4 is 10.1 Å². The van der Waals surface area contributed by atoms with Crippen molar-refractivity contribution in [1.29, 1.82) is 0 Å². The molecule has 0 aromatic heterocycles. The zero-order chi connectivity index (χ0) is 26.0. The molecule has 2 amide bonds. The third-order valence-corrected chi connectivity index (χ3v) is 7.38. The number of hydrogen-bond donors (Lipinski definition) is 1. The Morgan fingerprint density at radius 1 is 0.919 bits per heavy atom. The molecule has 4 rings (SSSR count). The van der Waals surface area contributed by atoms with Crippen molar-refractivity contribution in [3.05, 3.63) is 99.4 Å². The molecule has 3 aromatic carbocycles. The zero-order valence-corrected chi connectivity index (χ0v) is 22.9. The average Bonchev–Trinajstić information content (AvgIpc) is 2.92. The minimum absolute atomic E-state index is 0.116. The summed E-state index contributed by atoms with van der Waals surface area (Å²) in [5.41, 5.74) is 1.70. The van der Waals surface area contributed by atoms with Gasteiger partial charge in [0, 0.05) is 22.6 Å². The van der Waals surface area contributed by atoms with Crippen LogP contribution in [0.3, 0.4) is 0 Å². The van der Waals surface area contributed by atoms with Crippen molar-refractivity contribution in [2.75, 3.05) is 6.61 Å². The first-order chi connectivity index (χ1) is 18.0. The van der Waals surface area contributed by atoms with Crippen LogP contribution in [0.2, 0.25) is 0 Å². The number of carbonyl (C=O) groups is 2. The predicted molar refractivity (Wildman–Crippen MR) is 151 cm³/mol. The number of nitrogens with one attached hydrogen (secondary N) is 1. The summed E-state index contributed by atoms with van der Waals surface area (Å²) in [6.07, 6.45) is 5.64. The number of carbonyl (C=O) groups excluding carboxylic acids is 2. The molecule has 1 saturated carbocycles. The normalized spacial score (nSPS) is 14.5. The lowest BCUT2D eigenvalue weighted by Crippen LogP contribution is -2.53. The molecule has 0 spiro atoms. The number of rotatable bonds is 10. The van der Waals surface area contributed by atoms with E-state index >= 15 is 0 Å². The highest BCUT2D eigenvalue weighted by atomic mass is 127. The Kier molecular flexibility index (Phi) is 9.93. The van der Waals surface area contributed by atoms with E-state index in [0.717, 1.165) is 40.4 Å². The summed E-state index contributed by atoms with van der Waals surface area (Å²) in [4.78, 5) is 28.9. The van der Waals surface area contributed by atoms with Gasteiger partial charge in [0.1, 0.15) is 17.6 Å². The molecular formula is C30H32FIN2O3. The molecule has 0 aliphatic heterocycles. The van der Waals surface area contributed by atoms with Gasteiger partial charge in [0.15, 0.2) is 6.61 Å². The molecule has 5 nitrogen and oxygen atoms in total. The third-order valence-electron chi connectivity index (χ3n) is 6.66. The summed E-state index contributed by atoms with van der Waals surface area (Å²) in [5.74, 6) is -0.232. The average molecular weight is 614 g/mol. The van der Waals surface area contributed by atoms with Crippen molar-refractivity contribution >= 4 is 34.4 Å². The van der Waals surface area contributed by atoms with Crippen LogP contribution in [0, 0.1) is 9.39 Å². The number of hydrogen-bond acceptors (Lipinski definition) is 3. The molecule has 0 radical (unpaired) electrons. The Morgan fingerprint density at radius 2 is 1.59 bits per heavy atom. The van der Waals surface area contributed by atoms with Crippen LogP contribution in [0.25, 0.3) is 0 Å². The number of amides is 2. The van der Waals surface area contributed by atoms with Crippen LogP contribution in [0.5, 0.6) is 5.75 Å². The van der Waals surface area contributed by atoms with Gasteiger partial charge in [-0.2, -0.15) is 0 Å². The summed E-state index contributed by atoms with van der Waals surface area (Å²) in [6.45, 7) is -0.0332. The molecule has 1 fully saturated rings. The van der Waals surface area contributed by atoms with Crippen molar-refractivity contribution in [2.24, 2.45) is 0 Å². The van der Waals surface area contributed by atoms with Crippen molar-refractivity contribution < 1.29 is 18.7 Å². The smallest absolute Gasteiger partial charge is 0.261 e. The molecule has 37 heavy (non-hydrogen) atoms. The maximum Gasteiger partial charge on any atom is 0.261 e. The van der Waals surface area contributed by atoms with Crippen LogP contribution in [-0.2, 0) is 22.6 Å². The second-order valence-electron chi connectivity index (χ2n) is 9.44. The third kappa shape index (κ3) is 8.28. The first kappa shape index (κ1) is 27.1. The molecule has 0 bridgehead atoms. The van der Waals surface area contributed by atoms with E-state index in [1.54, 1.807) is 17.0 Å². The fourth-order valence-corrected chi connectivity index (χ4v) is 5.00. The molecule has 1 aliphatic carbocycles. The predicted octanol–water partition coefficient (Wildman–Crippen LogP) is 5.90. The topological polar surface area (TPSA) is 58.6 Å². The Morgan fingerprint density at radius 3 is 2.27 bits per heavy atom. The lowest BCUT2D eigenvalue weighted by molar-refractivity contribution is -0.143. The van der Waals surface area contributed by atoms with E-state index in [4.69, 9.17) is 4.74 Å². The summed E-state index contributed by atoms with van der Waals surface area (Å²) < 4.78 is 20.5. The standard InChI is InChI=1S/C30H32FIN2O3/c31-24-13-11-23(12-14-24)20-34(29(35)21-37-27-17-15-25(32)16-18-27)28(19-22-7-3-1-4-8-22)30(36)33-26-9-5-2-6-10-26/h1,3-4,7-8,11-18,26,28H,2,5-6,9-10,19-21H2,(H,33,36). The van der Waals surface area contributed by atoms with E-state index in [1.165, 1.54) is 18.6 Å². The van der Waals surface area contributed by atoms with E-state index < -0.39 is 6.04 Å². The van der Waals surface area contributed by atoms with E-state index in [9.17, 15) is 14.0 Å². The molecular weight excluding hydrogens is 582 g/mol. The summed E-state index contributed by atoms with van der Waals surface area (Å²) in [6, 6.07) is 22.6. The lowest BCUT2D eigenvalue weighted by Gasteiger charge is -2.33. The lowest BCUT2D eigenvalue weighted by atomic mass is 9.94. The van der Waals surface area contributed by atoms with Crippen molar-refractivity contribution in [3.8, 4) is 5.75 Å². The van der Waals surface area contributed by atoms with E-state index in [-0.39, 0.29) is 36.8 Å². The summed E-state index contributed by atoms with van der Waals surface area (Å²) in [5, 5.41) is 3.21.